The highest BCUT2D eigenvalue weighted by atomic mass is 32.2. The molecule has 0 spiro atoms. The molecule has 2 aromatic heterocycles. The SMILES string of the molecule is Cn1c(S[C@H](C(=O)c2c[nH]c3ccccc23)c2ccccc2)nnc1C(F)(F)F. The van der Waals surface area contributed by atoms with E-state index in [1.165, 1.54) is 7.05 Å². The predicted octanol–water partition coefficient (Wildman–Crippen LogP) is 5.03. The van der Waals surface area contributed by atoms with Gasteiger partial charge in [-0.05, 0) is 11.6 Å². The molecular formula is C20H15F3N4OS. The quantitative estimate of drug-likeness (QED) is 0.366. The lowest BCUT2D eigenvalue weighted by atomic mass is 10.0. The van der Waals surface area contributed by atoms with Crippen LogP contribution in [-0.4, -0.2) is 25.5 Å². The van der Waals surface area contributed by atoms with Gasteiger partial charge in [0, 0.05) is 29.7 Å². The Hall–Kier alpha value is -3.07. The van der Waals surface area contributed by atoms with Gasteiger partial charge < -0.3 is 9.55 Å². The zero-order valence-corrected chi connectivity index (χ0v) is 16.0. The molecule has 0 amide bonds. The van der Waals surface area contributed by atoms with Crippen molar-refractivity contribution in [1.29, 1.82) is 0 Å². The maximum absolute atomic E-state index is 13.4. The Morgan fingerprint density at radius 1 is 1.07 bits per heavy atom. The molecule has 0 unspecified atom stereocenters. The van der Waals surface area contributed by atoms with Crippen LogP contribution < -0.4 is 0 Å². The standard InChI is InChI=1S/C20H15F3N4OS/c1-27-18(20(21,22)23)25-26-19(27)29-17(12-7-3-2-4-8-12)16(28)14-11-24-15-10-6-5-9-13(14)15/h2-11,17,24H,1H3/t17-/m0/s1. The normalized spacial score (nSPS) is 13.0. The number of rotatable bonds is 5. The van der Waals surface area contributed by atoms with Crippen molar-refractivity contribution < 1.29 is 18.0 Å². The Balaban J connectivity index is 1.76. The minimum Gasteiger partial charge on any atom is -0.360 e. The van der Waals surface area contributed by atoms with Crippen LogP contribution in [0.4, 0.5) is 13.2 Å². The lowest BCUT2D eigenvalue weighted by molar-refractivity contribution is -0.147. The Bertz CT molecular complexity index is 1170. The van der Waals surface area contributed by atoms with E-state index in [4.69, 9.17) is 0 Å². The number of halogens is 3. The second-order valence-corrected chi connectivity index (χ2v) is 7.46. The van der Waals surface area contributed by atoms with Crippen LogP contribution >= 0.6 is 11.8 Å². The van der Waals surface area contributed by atoms with Gasteiger partial charge in [-0.1, -0.05) is 60.3 Å². The molecule has 1 atom stereocenters. The highest BCUT2D eigenvalue weighted by Gasteiger charge is 2.38. The number of nitrogens with zero attached hydrogens (tertiary/aromatic N) is 3. The van der Waals surface area contributed by atoms with Crippen LogP contribution in [0.3, 0.4) is 0 Å². The Morgan fingerprint density at radius 3 is 2.45 bits per heavy atom. The van der Waals surface area contributed by atoms with Crippen LogP contribution in [-0.2, 0) is 13.2 Å². The molecule has 4 aromatic rings. The average Bonchev–Trinajstić information content (AvgIpc) is 3.30. The van der Waals surface area contributed by atoms with Gasteiger partial charge in [0.15, 0.2) is 10.9 Å². The van der Waals surface area contributed by atoms with Crippen molar-refractivity contribution in [3.05, 3.63) is 77.7 Å². The van der Waals surface area contributed by atoms with E-state index in [0.717, 1.165) is 27.2 Å². The number of carbonyl (C=O) groups excluding carboxylic acids is 1. The van der Waals surface area contributed by atoms with Gasteiger partial charge in [-0.15, -0.1) is 10.2 Å². The molecule has 0 aliphatic rings. The molecule has 2 heterocycles. The number of nitrogens with one attached hydrogen (secondary N) is 1. The number of Topliss-reactive ketones (excluding diaryl/α,β-unsaturated/α-hetero) is 1. The molecule has 5 nitrogen and oxygen atoms in total. The summed E-state index contributed by atoms with van der Waals surface area (Å²) in [6.07, 6.45) is -3.00. The van der Waals surface area contributed by atoms with Crippen LogP contribution in [0.1, 0.15) is 27.0 Å². The number of benzene rings is 2. The summed E-state index contributed by atoms with van der Waals surface area (Å²) in [5, 5.41) is 6.92. The molecule has 4 rings (SSSR count). The number of H-pyrrole nitrogens is 1. The van der Waals surface area contributed by atoms with Crippen LogP contribution in [0.5, 0.6) is 0 Å². The number of thioether (sulfide) groups is 1. The third kappa shape index (κ3) is 3.65. The first-order valence-corrected chi connectivity index (χ1v) is 9.52. The van der Waals surface area contributed by atoms with Gasteiger partial charge >= 0.3 is 6.18 Å². The van der Waals surface area contributed by atoms with Crippen molar-refractivity contribution in [1.82, 2.24) is 19.7 Å². The molecule has 0 aliphatic heterocycles. The number of aromatic amines is 1. The third-order valence-electron chi connectivity index (χ3n) is 4.51. The number of hydrogen-bond donors (Lipinski definition) is 1. The molecule has 0 saturated carbocycles. The molecule has 148 valence electrons. The highest BCUT2D eigenvalue weighted by Crippen LogP contribution is 2.39. The molecule has 0 saturated heterocycles. The number of hydrogen-bond acceptors (Lipinski definition) is 4. The second-order valence-electron chi connectivity index (χ2n) is 6.38. The lowest BCUT2D eigenvalue weighted by Gasteiger charge is -2.15. The van der Waals surface area contributed by atoms with Crippen molar-refractivity contribution >= 4 is 28.4 Å². The van der Waals surface area contributed by atoms with Gasteiger partial charge in [-0.2, -0.15) is 13.2 Å². The first-order valence-electron chi connectivity index (χ1n) is 8.65. The molecular weight excluding hydrogens is 401 g/mol. The van der Waals surface area contributed by atoms with E-state index in [1.54, 1.807) is 30.5 Å². The number of fused-ring (bicyclic) bond motifs is 1. The number of carbonyl (C=O) groups is 1. The fraction of sp³-hybridized carbons (Fsp3) is 0.150. The maximum atomic E-state index is 13.4. The summed E-state index contributed by atoms with van der Waals surface area (Å²) in [6, 6.07) is 16.3. The summed E-state index contributed by atoms with van der Waals surface area (Å²) in [5.74, 6) is -1.33. The van der Waals surface area contributed by atoms with E-state index in [0.29, 0.717) is 11.1 Å². The van der Waals surface area contributed by atoms with Gasteiger partial charge in [0.2, 0.25) is 5.82 Å². The zero-order chi connectivity index (χ0) is 20.6. The van der Waals surface area contributed by atoms with Crippen LogP contribution in [0.2, 0.25) is 0 Å². The lowest BCUT2D eigenvalue weighted by Crippen LogP contribution is -2.14. The third-order valence-corrected chi connectivity index (χ3v) is 5.80. The number of alkyl halides is 3. The molecule has 0 fully saturated rings. The van der Waals surface area contributed by atoms with Crippen molar-refractivity contribution in [2.24, 2.45) is 7.05 Å². The first kappa shape index (κ1) is 19.3. The van der Waals surface area contributed by atoms with Crippen LogP contribution in [0, 0.1) is 0 Å². The summed E-state index contributed by atoms with van der Waals surface area (Å²) < 4.78 is 40.1. The van der Waals surface area contributed by atoms with Crippen LogP contribution in [0.25, 0.3) is 10.9 Å². The van der Waals surface area contributed by atoms with Crippen molar-refractivity contribution in [3.8, 4) is 0 Å². The molecule has 0 bridgehead atoms. The Kier molecular flexibility index (Phi) is 4.91. The van der Waals surface area contributed by atoms with E-state index in [2.05, 4.69) is 15.2 Å². The number of aromatic nitrogens is 4. The largest absolute Gasteiger partial charge is 0.451 e. The van der Waals surface area contributed by atoms with Gasteiger partial charge in [0.05, 0.1) is 0 Å². The number of para-hydroxylation sites is 1. The fourth-order valence-electron chi connectivity index (χ4n) is 3.09. The van der Waals surface area contributed by atoms with Crippen molar-refractivity contribution in [2.75, 3.05) is 0 Å². The molecule has 2 aromatic carbocycles. The van der Waals surface area contributed by atoms with Crippen LogP contribution in [0.15, 0.2) is 66.0 Å². The van der Waals surface area contributed by atoms with Gasteiger partial charge in [0.25, 0.3) is 0 Å². The van der Waals surface area contributed by atoms with Gasteiger partial charge in [-0.25, -0.2) is 0 Å². The second kappa shape index (κ2) is 7.40. The molecule has 1 N–H and O–H groups in total. The highest BCUT2D eigenvalue weighted by molar-refractivity contribution is 8.00. The Labute approximate surface area is 168 Å². The van der Waals surface area contributed by atoms with E-state index in [-0.39, 0.29) is 10.9 Å². The van der Waals surface area contributed by atoms with E-state index < -0.39 is 17.3 Å². The number of ketones is 1. The van der Waals surface area contributed by atoms with E-state index in [9.17, 15) is 18.0 Å². The van der Waals surface area contributed by atoms with Crippen molar-refractivity contribution in [2.45, 2.75) is 16.6 Å². The summed E-state index contributed by atoms with van der Waals surface area (Å²) in [4.78, 5) is 16.5. The summed E-state index contributed by atoms with van der Waals surface area (Å²) in [6.45, 7) is 0. The zero-order valence-electron chi connectivity index (χ0n) is 15.1. The minimum atomic E-state index is -4.62. The van der Waals surface area contributed by atoms with Crippen molar-refractivity contribution in [3.63, 3.8) is 0 Å². The smallest absolute Gasteiger partial charge is 0.360 e. The van der Waals surface area contributed by atoms with E-state index in [1.807, 2.05) is 30.3 Å². The monoisotopic (exact) mass is 416 g/mol. The predicted molar refractivity (Wildman–Crippen MR) is 104 cm³/mol. The molecule has 0 aliphatic carbocycles. The maximum Gasteiger partial charge on any atom is 0.451 e. The molecule has 29 heavy (non-hydrogen) atoms. The molecule has 0 radical (unpaired) electrons. The topological polar surface area (TPSA) is 63.6 Å². The average molecular weight is 416 g/mol. The fourth-order valence-corrected chi connectivity index (χ4v) is 4.16. The minimum absolute atomic E-state index is 0.0133. The Morgan fingerprint density at radius 2 is 1.76 bits per heavy atom. The molecule has 9 heteroatoms. The van der Waals surface area contributed by atoms with E-state index >= 15 is 0 Å². The summed E-state index contributed by atoms with van der Waals surface area (Å²) in [7, 11) is 1.24. The summed E-state index contributed by atoms with van der Waals surface area (Å²) in [5.41, 5.74) is 1.95. The first-order chi connectivity index (χ1) is 13.9. The summed E-state index contributed by atoms with van der Waals surface area (Å²) >= 11 is 0.946. The van der Waals surface area contributed by atoms with Gasteiger partial charge in [0.1, 0.15) is 5.25 Å². The van der Waals surface area contributed by atoms with Gasteiger partial charge in [-0.3, -0.25) is 4.79 Å².